The van der Waals surface area contributed by atoms with Gasteiger partial charge in [0.05, 0.1) is 5.69 Å². The number of nitrogens with one attached hydrogen (secondary N) is 1. The Kier molecular flexibility index (Phi) is 3.42. The van der Waals surface area contributed by atoms with Crippen LogP contribution in [-0.4, -0.2) is 19.5 Å². The average molecular weight is 303 g/mol. The molecule has 0 aliphatic heterocycles. The van der Waals surface area contributed by atoms with Crippen LogP contribution >= 0.6 is 22.7 Å². The Morgan fingerprint density at radius 1 is 1.39 bits per heavy atom. The van der Waals surface area contributed by atoms with Gasteiger partial charge < -0.3 is 5.11 Å². The van der Waals surface area contributed by atoms with E-state index >= 15 is 0 Å². The molecule has 0 saturated carbocycles. The first-order chi connectivity index (χ1) is 8.42. The summed E-state index contributed by atoms with van der Waals surface area (Å²) in [5.41, 5.74) is 0.735. The van der Waals surface area contributed by atoms with Crippen molar-refractivity contribution in [1.29, 1.82) is 0 Å². The summed E-state index contributed by atoms with van der Waals surface area (Å²) in [7, 11) is -3.71. The summed E-state index contributed by atoms with van der Waals surface area (Å²) < 4.78 is 26.5. The first-order valence-corrected chi connectivity index (χ1v) is 8.04. The van der Waals surface area contributed by atoms with Crippen LogP contribution in [-0.2, 0) is 10.0 Å². The standard InChI is InChI=1S/C10H9NO4S3/c1-6-5-17-9(10(12)13)8(6)11-18(14,15)7-3-2-4-16-7/h2-5,11H,1H3,(H,12,13). The maximum absolute atomic E-state index is 12.0. The molecule has 0 fully saturated rings. The van der Waals surface area contributed by atoms with Gasteiger partial charge >= 0.3 is 5.97 Å². The van der Waals surface area contributed by atoms with E-state index in [1.807, 2.05) is 0 Å². The fourth-order valence-corrected chi connectivity index (χ4v) is 4.37. The SMILES string of the molecule is Cc1csc(C(=O)O)c1NS(=O)(=O)c1cccs1. The number of carbonyl (C=O) groups is 1. The maximum Gasteiger partial charge on any atom is 0.348 e. The lowest BCUT2D eigenvalue weighted by Crippen LogP contribution is -2.13. The lowest BCUT2D eigenvalue weighted by atomic mass is 10.3. The molecule has 96 valence electrons. The Hall–Kier alpha value is -1.38. The number of anilines is 1. The van der Waals surface area contributed by atoms with Gasteiger partial charge in [0.2, 0.25) is 0 Å². The summed E-state index contributed by atoms with van der Waals surface area (Å²) >= 11 is 2.08. The first kappa shape index (κ1) is 13.1. The van der Waals surface area contributed by atoms with Crippen LogP contribution in [0.5, 0.6) is 0 Å². The van der Waals surface area contributed by atoms with Gasteiger partial charge in [-0.1, -0.05) is 6.07 Å². The highest BCUT2D eigenvalue weighted by atomic mass is 32.2. The molecule has 0 radical (unpaired) electrons. The summed E-state index contributed by atoms with van der Waals surface area (Å²) in [5, 5.41) is 12.2. The van der Waals surface area contributed by atoms with E-state index in [0.717, 1.165) is 22.7 Å². The highest BCUT2D eigenvalue weighted by Gasteiger charge is 2.22. The molecule has 0 bridgehead atoms. The molecule has 2 heterocycles. The number of carboxylic acid groups (broad SMARTS) is 1. The molecular formula is C10H9NO4S3. The van der Waals surface area contributed by atoms with E-state index in [0.29, 0.717) is 5.56 Å². The van der Waals surface area contributed by atoms with E-state index in [9.17, 15) is 13.2 Å². The summed E-state index contributed by atoms with van der Waals surface area (Å²) in [6, 6.07) is 3.09. The van der Waals surface area contributed by atoms with Crippen molar-refractivity contribution in [1.82, 2.24) is 0 Å². The molecule has 0 aliphatic rings. The number of carboxylic acids is 1. The van der Waals surface area contributed by atoms with Crippen LogP contribution in [0.2, 0.25) is 0 Å². The van der Waals surface area contributed by atoms with Gasteiger partial charge in [0, 0.05) is 0 Å². The molecule has 2 rings (SSSR count). The predicted molar refractivity (Wildman–Crippen MR) is 71.1 cm³/mol. The van der Waals surface area contributed by atoms with Gasteiger partial charge in [-0.2, -0.15) is 0 Å². The van der Waals surface area contributed by atoms with Crippen molar-refractivity contribution in [3.63, 3.8) is 0 Å². The number of aryl methyl sites for hydroxylation is 1. The minimum absolute atomic E-state index is 0.00682. The van der Waals surface area contributed by atoms with Crippen molar-refractivity contribution in [3.8, 4) is 0 Å². The molecule has 0 spiro atoms. The monoisotopic (exact) mass is 303 g/mol. The molecule has 2 N–H and O–H groups in total. The number of rotatable bonds is 4. The van der Waals surface area contributed by atoms with E-state index in [-0.39, 0.29) is 14.8 Å². The topological polar surface area (TPSA) is 83.5 Å². The van der Waals surface area contributed by atoms with Crippen molar-refractivity contribution < 1.29 is 18.3 Å². The highest BCUT2D eigenvalue weighted by molar-refractivity contribution is 7.94. The molecule has 0 saturated heterocycles. The highest BCUT2D eigenvalue weighted by Crippen LogP contribution is 2.30. The van der Waals surface area contributed by atoms with E-state index in [2.05, 4.69) is 4.72 Å². The number of thiophene rings is 2. The fraction of sp³-hybridized carbons (Fsp3) is 0.100. The van der Waals surface area contributed by atoms with Gasteiger partial charge in [-0.25, -0.2) is 13.2 Å². The van der Waals surface area contributed by atoms with Crippen LogP contribution in [0.15, 0.2) is 27.1 Å². The normalized spacial score (nSPS) is 11.4. The van der Waals surface area contributed by atoms with E-state index in [1.165, 1.54) is 6.07 Å². The van der Waals surface area contributed by atoms with Crippen molar-refractivity contribution in [2.24, 2.45) is 0 Å². The fourth-order valence-electron chi connectivity index (χ4n) is 1.33. The van der Waals surface area contributed by atoms with E-state index in [4.69, 9.17) is 5.11 Å². The second-order valence-corrected chi connectivity index (χ2v) is 7.20. The largest absolute Gasteiger partial charge is 0.477 e. The molecule has 0 atom stereocenters. The molecular weight excluding hydrogens is 294 g/mol. The number of sulfonamides is 1. The zero-order chi connectivity index (χ0) is 13.3. The Balaban J connectivity index is 2.41. The Bertz CT molecular complexity index is 670. The van der Waals surface area contributed by atoms with Crippen molar-refractivity contribution in [3.05, 3.63) is 33.3 Å². The minimum Gasteiger partial charge on any atom is -0.477 e. The van der Waals surface area contributed by atoms with Crippen LogP contribution in [0, 0.1) is 6.92 Å². The number of hydrogen-bond donors (Lipinski definition) is 2. The molecule has 0 aliphatic carbocycles. The number of hydrogen-bond acceptors (Lipinski definition) is 5. The van der Waals surface area contributed by atoms with Gasteiger partial charge in [-0.15, -0.1) is 22.7 Å². The molecule has 0 aromatic carbocycles. The smallest absolute Gasteiger partial charge is 0.348 e. The third kappa shape index (κ3) is 2.40. The Labute approximate surface area is 112 Å². The Morgan fingerprint density at radius 3 is 2.67 bits per heavy atom. The summed E-state index contributed by atoms with van der Waals surface area (Å²) in [6.45, 7) is 1.66. The predicted octanol–water partition coefficient (Wildman–Crippen LogP) is 2.62. The number of aromatic carboxylic acids is 1. The summed E-state index contributed by atoms with van der Waals surface area (Å²) in [6.07, 6.45) is 0. The summed E-state index contributed by atoms with van der Waals surface area (Å²) in [4.78, 5) is 11.0. The first-order valence-electron chi connectivity index (χ1n) is 4.79. The van der Waals surface area contributed by atoms with Gasteiger partial charge in [-0.3, -0.25) is 4.72 Å². The third-order valence-electron chi connectivity index (χ3n) is 2.17. The molecule has 18 heavy (non-hydrogen) atoms. The molecule has 5 nitrogen and oxygen atoms in total. The van der Waals surface area contributed by atoms with Crippen LogP contribution in [0.1, 0.15) is 15.2 Å². The van der Waals surface area contributed by atoms with Crippen molar-refractivity contribution in [2.45, 2.75) is 11.1 Å². The molecule has 0 amide bonds. The van der Waals surface area contributed by atoms with Crippen LogP contribution in [0.4, 0.5) is 5.69 Å². The van der Waals surface area contributed by atoms with Gasteiger partial charge in [-0.05, 0) is 29.3 Å². The second kappa shape index (κ2) is 4.71. The van der Waals surface area contributed by atoms with Gasteiger partial charge in [0.25, 0.3) is 10.0 Å². The summed E-state index contributed by atoms with van der Waals surface area (Å²) in [5.74, 6) is -1.14. The van der Waals surface area contributed by atoms with Crippen molar-refractivity contribution in [2.75, 3.05) is 4.72 Å². The second-order valence-electron chi connectivity index (χ2n) is 3.47. The molecule has 8 heteroatoms. The maximum atomic E-state index is 12.0. The Morgan fingerprint density at radius 2 is 2.11 bits per heavy atom. The molecule has 2 aromatic heterocycles. The van der Waals surface area contributed by atoms with E-state index < -0.39 is 16.0 Å². The van der Waals surface area contributed by atoms with Crippen LogP contribution in [0.3, 0.4) is 0 Å². The quantitative estimate of drug-likeness (QED) is 0.909. The van der Waals surface area contributed by atoms with Crippen LogP contribution in [0.25, 0.3) is 0 Å². The lowest BCUT2D eigenvalue weighted by molar-refractivity contribution is 0.0703. The molecule has 0 unspecified atom stereocenters. The average Bonchev–Trinajstić information content (AvgIpc) is 2.89. The zero-order valence-corrected chi connectivity index (χ0v) is 11.7. The lowest BCUT2D eigenvalue weighted by Gasteiger charge is -2.06. The zero-order valence-electron chi connectivity index (χ0n) is 9.21. The van der Waals surface area contributed by atoms with E-state index in [1.54, 1.807) is 23.8 Å². The third-order valence-corrected chi connectivity index (χ3v) is 6.00. The molecule has 2 aromatic rings. The van der Waals surface area contributed by atoms with Gasteiger partial charge in [0.1, 0.15) is 9.09 Å². The van der Waals surface area contributed by atoms with Crippen molar-refractivity contribution >= 4 is 44.4 Å². The minimum atomic E-state index is -3.71. The van der Waals surface area contributed by atoms with Crippen LogP contribution < -0.4 is 4.72 Å². The van der Waals surface area contributed by atoms with Gasteiger partial charge in [0.15, 0.2) is 0 Å².